The molecule has 2 atom stereocenters. The molecule has 4 nitrogen and oxygen atoms in total. The number of hydrogen-bond donors (Lipinski definition) is 1. The predicted octanol–water partition coefficient (Wildman–Crippen LogP) is 1.65. The van der Waals surface area contributed by atoms with Gasteiger partial charge in [0.25, 0.3) is 0 Å². The van der Waals surface area contributed by atoms with E-state index in [1.165, 1.54) is 0 Å². The summed E-state index contributed by atoms with van der Waals surface area (Å²) in [5, 5.41) is 3.27. The van der Waals surface area contributed by atoms with Crippen molar-refractivity contribution >= 4 is 5.91 Å². The molecule has 1 N–H and O–H groups in total. The maximum Gasteiger partial charge on any atom is 0.224 e. The Morgan fingerprint density at radius 2 is 2.00 bits per heavy atom. The van der Waals surface area contributed by atoms with Gasteiger partial charge in [-0.15, -0.1) is 0 Å². The Morgan fingerprint density at radius 1 is 1.35 bits per heavy atom. The van der Waals surface area contributed by atoms with Crippen LogP contribution >= 0.6 is 0 Å². The summed E-state index contributed by atoms with van der Waals surface area (Å²) in [6.45, 7) is 10.5. The molecule has 0 rings (SSSR count). The maximum absolute atomic E-state index is 12.2. The second-order valence-electron chi connectivity index (χ2n) is 4.50. The average molecular weight is 244 g/mol. The molecular weight excluding hydrogens is 216 g/mol. The van der Waals surface area contributed by atoms with Crippen molar-refractivity contribution in [1.82, 2.24) is 10.2 Å². The van der Waals surface area contributed by atoms with E-state index in [1.807, 2.05) is 11.8 Å². The van der Waals surface area contributed by atoms with Gasteiger partial charge in [0, 0.05) is 32.2 Å². The Bertz CT molecular complexity index is 210. The molecule has 102 valence electrons. The fourth-order valence-corrected chi connectivity index (χ4v) is 1.80. The number of rotatable bonds is 9. The molecule has 1 amide bonds. The topological polar surface area (TPSA) is 41.6 Å². The van der Waals surface area contributed by atoms with Gasteiger partial charge >= 0.3 is 0 Å². The monoisotopic (exact) mass is 244 g/mol. The lowest BCUT2D eigenvalue weighted by atomic mass is 10.1. The number of amides is 1. The average Bonchev–Trinajstić information content (AvgIpc) is 2.29. The fraction of sp³-hybridized carbons (Fsp3) is 0.923. The van der Waals surface area contributed by atoms with Gasteiger partial charge in [0.1, 0.15) is 0 Å². The molecule has 0 aromatic rings. The Kier molecular flexibility index (Phi) is 9.09. The molecular formula is C13H28N2O2. The summed E-state index contributed by atoms with van der Waals surface area (Å²) in [5.74, 6) is 0.213. The minimum atomic E-state index is 0.213. The summed E-state index contributed by atoms with van der Waals surface area (Å²) in [6.07, 6.45) is 1.53. The largest absolute Gasteiger partial charge is 0.383 e. The Labute approximate surface area is 106 Å². The summed E-state index contributed by atoms with van der Waals surface area (Å²) >= 11 is 0. The minimum Gasteiger partial charge on any atom is -0.383 e. The van der Waals surface area contributed by atoms with Crippen LogP contribution in [-0.2, 0) is 9.53 Å². The summed E-state index contributed by atoms with van der Waals surface area (Å²) in [6, 6.07) is 0.521. The van der Waals surface area contributed by atoms with Crippen LogP contribution in [0.5, 0.6) is 0 Å². The lowest BCUT2D eigenvalue weighted by molar-refractivity contribution is -0.134. The third kappa shape index (κ3) is 6.64. The van der Waals surface area contributed by atoms with Gasteiger partial charge in [-0.1, -0.05) is 13.8 Å². The van der Waals surface area contributed by atoms with Crippen LogP contribution in [0.3, 0.4) is 0 Å². The highest BCUT2D eigenvalue weighted by Gasteiger charge is 2.20. The van der Waals surface area contributed by atoms with Crippen molar-refractivity contribution in [2.45, 2.75) is 52.6 Å². The van der Waals surface area contributed by atoms with Gasteiger partial charge in [-0.25, -0.2) is 0 Å². The van der Waals surface area contributed by atoms with Crippen LogP contribution in [0.15, 0.2) is 0 Å². The first-order valence-corrected chi connectivity index (χ1v) is 6.58. The highest BCUT2D eigenvalue weighted by atomic mass is 16.5. The second kappa shape index (κ2) is 9.42. The highest BCUT2D eigenvalue weighted by Crippen LogP contribution is 2.07. The van der Waals surface area contributed by atoms with E-state index in [0.29, 0.717) is 19.6 Å². The normalized spacial score (nSPS) is 14.4. The number of methoxy groups -OCH3 is 1. The number of carbonyl (C=O) groups is 1. The van der Waals surface area contributed by atoms with Gasteiger partial charge in [0.15, 0.2) is 0 Å². The molecule has 0 aliphatic heterocycles. The number of carbonyl (C=O) groups excluding carboxylic acids is 1. The molecule has 4 heteroatoms. The van der Waals surface area contributed by atoms with Crippen LogP contribution in [-0.4, -0.2) is 49.7 Å². The Hall–Kier alpha value is -0.610. The molecule has 0 aliphatic carbocycles. The van der Waals surface area contributed by atoms with E-state index >= 15 is 0 Å². The van der Waals surface area contributed by atoms with E-state index in [-0.39, 0.29) is 18.0 Å². The SMILES string of the molecule is CCNC(C)CC(=O)N(CCOC)C(C)CC. The van der Waals surface area contributed by atoms with Crippen LogP contribution in [0.4, 0.5) is 0 Å². The standard InChI is InChI=1S/C13H28N2O2/c1-6-12(4)15(8-9-17-5)13(16)10-11(3)14-7-2/h11-12,14H,6-10H2,1-5H3. The van der Waals surface area contributed by atoms with Crippen molar-refractivity contribution in [2.24, 2.45) is 0 Å². The number of ether oxygens (including phenoxy) is 1. The second-order valence-corrected chi connectivity index (χ2v) is 4.50. The summed E-state index contributed by atoms with van der Waals surface area (Å²) in [7, 11) is 1.67. The van der Waals surface area contributed by atoms with Crippen LogP contribution < -0.4 is 5.32 Å². The Morgan fingerprint density at radius 3 is 2.47 bits per heavy atom. The molecule has 0 radical (unpaired) electrons. The molecule has 0 fully saturated rings. The quantitative estimate of drug-likeness (QED) is 0.670. The van der Waals surface area contributed by atoms with Crippen LogP contribution in [0, 0.1) is 0 Å². The first-order chi connectivity index (χ1) is 8.06. The van der Waals surface area contributed by atoms with Crippen molar-refractivity contribution in [2.75, 3.05) is 26.8 Å². The van der Waals surface area contributed by atoms with E-state index < -0.39 is 0 Å². The van der Waals surface area contributed by atoms with E-state index in [4.69, 9.17) is 4.74 Å². The van der Waals surface area contributed by atoms with Crippen molar-refractivity contribution in [3.05, 3.63) is 0 Å². The molecule has 0 bridgehead atoms. The van der Waals surface area contributed by atoms with Gasteiger partial charge < -0.3 is 15.0 Å². The zero-order valence-electron chi connectivity index (χ0n) is 12.0. The lowest BCUT2D eigenvalue weighted by Crippen LogP contribution is -2.43. The molecule has 0 spiro atoms. The van der Waals surface area contributed by atoms with Crippen LogP contribution in [0.25, 0.3) is 0 Å². The minimum absolute atomic E-state index is 0.213. The van der Waals surface area contributed by atoms with Crippen molar-refractivity contribution in [1.29, 1.82) is 0 Å². The fourth-order valence-electron chi connectivity index (χ4n) is 1.80. The third-order valence-electron chi connectivity index (χ3n) is 3.01. The molecule has 17 heavy (non-hydrogen) atoms. The first-order valence-electron chi connectivity index (χ1n) is 6.58. The Balaban J connectivity index is 4.30. The molecule has 0 heterocycles. The van der Waals surface area contributed by atoms with E-state index in [2.05, 4.69) is 26.1 Å². The maximum atomic E-state index is 12.2. The number of hydrogen-bond acceptors (Lipinski definition) is 3. The van der Waals surface area contributed by atoms with Gasteiger partial charge in [0.05, 0.1) is 6.61 Å². The first kappa shape index (κ1) is 16.4. The predicted molar refractivity (Wildman–Crippen MR) is 71.1 cm³/mol. The van der Waals surface area contributed by atoms with Crippen LogP contribution in [0.2, 0.25) is 0 Å². The molecule has 0 aromatic carbocycles. The van der Waals surface area contributed by atoms with Crippen LogP contribution in [0.1, 0.15) is 40.5 Å². The third-order valence-corrected chi connectivity index (χ3v) is 3.01. The lowest BCUT2D eigenvalue weighted by Gasteiger charge is -2.29. The molecule has 0 aromatic heterocycles. The zero-order valence-corrected chi connectivity index (χ0v) is 12.0. The van der Waals surface area contributed by atoms with Crippen molar-refractivity contribution in [3.63, 3.8) is 0 Å². The summed E-state index contributed by atoms with van der Waals surface area (Å²) < 4.78 is 5.06. The highest BCUT2D eigenvalue weighted by molar-refractivity contribution is 5.77. The van der Waals surface area contributed by atoms with Gasteiger partial charge in [-0.3, -0.25) is 4.79 Å². The molecule has 0 aliphatic rings. The van der Waals surface area contributed by atoms with Gasteiger partial charge in [-0.2, -0.15) is 0 Å². The van der Waals surface area contributed by atoms with Gasteiger partial charge in [0.2, 0.25) is 5.91 Å². The zero-order chi connectivity index (χ0) is 13.3. The van der Waals surface area contributed by atoms with Gasteiger partial charge in [-0.05, 0) is 26.8 Å². The van der Waals surface area contributed by atoms with E-state index in [0.717, 1.165) is 13.0 Å². The smallest absolute Gasteiger partial charge is 0.224 e. The summed E-state index contributed by atoms with van der Waals surface area (Å²) in [4.78, 5) is 14.1. The summed E-state index contributed by atoms with van der Waals surface area (Å²) in [5.41, 5.74) is 0. The van der Waals surface area contributed by atoms with Crippen molar-refractivity contribution in [3.8, 4) is 0 Å². The molecule has 2 unspecified atom stereocenters. The number of nitrogens with one attached hydrogen (secondary N) is 1. The molecule has 0 saturated carbocycles. The number of nitrogens with zero attached hydrogens (tertiary/aromatic N) is 1. The molecule has 0 saturated heterocycles. The van der Waals surface area contributed by atoms with E-state index in [1.54, 1.807) is 7.11 Å². The van der Waals surface area contributed by atoms with E-state index in [9.17, 15) is 4.79 Å². The van der Waals surface area contributed by atoms with Crippen molar-refractivity contribution < 1.29 is 9.53 Å².